The molecule has 25 heavy (non-hydrogen) atoms. The first-order valence-corrected chi connectivity index (χ1v) is 9.67. The Labute approximate surface area is 152 Å². The fraction of sp³-hybridized carbons (Fsp3) is 0.400. The van der Waals surface area contributed by atoms with Gasteiger partial charge in [-0.15, -0.1) is 11.3 Å². The summed E-state index contributed by atoms with van der Waals surface area (Å²) >= 11 is 1.56. The van der Waals surface area contributed by atoms with E-state index >= 15 is 0 Å². The molecule has 0 bridgehead atoms. The molecular weight excluding hydrogens is 332 g/mol. The molecule has 4 nitrogen and oxygen atoms in total. The number of nitrogens with one attached hydrogen (secondary N) is 1. The highest BCUT2D eigenvalue weighted by molar-refractivity contribution is 7.14. The first kappa shape index (κ1) is 17.7. The molecule has 1 aromatic heterocycles. The van der Waals surface area contributed by atoms with E-state index in [-0.39, 0.29) is 11.8 Å². The summed E-state index contributed by atoms with van der Waals surface area (Å²) in [6.45, 7) is 5.40. The highest BCUT2D eigenvalue weighted by atomic mass is 32.1. The second-order valence-corrected chi connectivity index (χ2v) is 7.56. The van der Waals surface area contributed by atoms with E-state index in [9.17, 15) is 9.59 Å². The zero-order valence-electron chi connectivity index (χ0n) is 14.8. The van der Waals surface area contributed by atoms with Gasteiger partial charge in [-0.25, -0.2) is 0 Å². The number of rotatable bonds is 5. The molecule has 5 heteroatoms. The smallest absolute Gasteiger partial charge is 0.261 e. The van der Waals surface area contributed by atoms with Gasteiger partial charge in [-0.05, 0) is 55.5 Å². The van der Waals surface area contributed by atoms with E-state index in [1.807, 2.05) is 42.2 Å². The average Bonchev–Trinajstić information content (AvgIpc) is 3.01. The number of thiophene rings is 1. The topological polar surface area (TPSA) is 49.4 Å². The molecule has 132 valence electrons. The van der Waals surface area contributed by atoms with Crippen molar-refractivity contribution in [2.45, 2.75) is 46.1 Å². The number of carbonyl (C=O) groups excluding carboxylic acids is 2. The number of anilines is 1. The summed E-state index contributed by atoms with van der Waals surface area (Å²) in [5.41, 5.74) is 3.12. The van der Waals surface area contributed by atoms with E-state index in [4.69, 9.17) is 0 Å². The molecule has 1 aliphatic heterocycles. The van der Waals surface area contributed by atoms with Gasteiger partial charge in [0, 0.05) is 30.1 Å². The second kappa shape index (κ2) is 7.83. The lowest BCUT2D eigenvalue weighted by atomic mass is 10.1. The van der Waals surface area contributed by atoms with Crippen LogP contribution in [0, 0.1) is 6.92 Å². The molecular formula is C20H24N2O2S. The summed E-state index contributed by atoms with van der Waals surface area (Å²) in [4.78, 5) is 28.3. The Hall–Kier alpha value is -2.14. The van der Waals surface area contributed by atoms with Crippen molar-refractivity contribution < 1.29 is 9.59 Å². The summed E-state index contributed by atoms with van der Waals surface area (Å²) in [5, 5.41) is 2.99. The average molecular weight is 356 g/mol. The standard InChI is InChI=1S/C20H24N2O2S/c1-3-17-14(2)11-18(25-17)20(24)21-13-15-7-6-8-16(12-15)22-10-5-4-9-19(22)23/h6-8,11-12H,3-5,9-10,13H2,1-2H3,(H,21,24). The molecule has 2 aromatic rings. The van der Waals surface area contributed by atoms with Crippen LogP contribution in [-0.2, 0) is 17.8 Å². The van der Waals surface area contributed by atoms with E-state index < -0.39 is 0 Å². The normalized spacial score (nSPS) is 14.6. The van der Waals surface area contributed by atoms with E-state index in [1.54, 1.807) is 11.3 Å². The van der Waals surface area contributed by atoms with Crippen molar-refractivity contribution in [3.05, 3.63) is 51.2 Å². The molecule has 1 N–H and O–H groups in total. The molecule has 1 fully saturated rings. The van der Waals surface area contributed by atoms with Crippen molar-refractivity contribution in [1.29, 1.82) is 0 Å². The van der Waals surface area contributed by atoms with Gasteiger partial charge in [-0.2, -0.15) is 0 Å². The Kier molecular flexibility index (Phi) is 5.53. The number of piperidine rings is 1. The minimum Gasteiger partial charge on any atom is -0.347 e. The minimum absolute atomic E-state index is 0.0350. The van der Waals surface area contributed by atoms with Crippen molar-refractivity contribution in [1.82, 2.24) is 5.32 Å². The highest BCUT2D eigenvalue weighted by Gasteiger charge is 2.19. The van der Waals surface area contributed by atoms with Gasteiger partial charge in [0.1, 0.15) is 0 Å². The van der Waals surface area contributed by atoms with E-state index in [0.29, 0.717) is 13.0 Å². The molecule has 0 spiro atoms. The summed E-state index contributed by atoms with van der Waals surface area (Å²) in [6.07, 6.45) is 3.60. The number of hydrogen-bond donors (Lipinski definition) is 1. The quantitative estimate of drug-likeness (QED) is 0.878. The molecule has 3 rings (SSSR count). The third-order valence-corrected chi connectivity index (χ3v) is 5.94. The van der Waals surface area contributed by atoms with Crippen LogP contribution in [0.15, 0.2) is 30.3 Å². The fourth-order valence-electron chi connectivity index (χ4n) is 3.17. The zero-order valence-corrected chi connectivity index (χ0v) is 15.6. The molecule has 0 unspecified atom stereocenters. The zero-order chi connectivity index (χ0) is 17.8. The van der Waals surface area contributed by atoms with Crippen LogP contribution in [0.5, 0.6) is 0 Å². The lowest BCUT2D eigenvalue weighted by Crippen LogP contribution is -2.35. The van der Waals surface area contributed by atoms with Crippen molar-refractivity contribution in [3.63, 3.8) is 0 Å². The minimum atomic E-state index is -0.0350. The van der Waals surface area contributed by atoms with Gasteiger partial charge >= 0.3 is 0 Å². The van der Waals surface area contributed by atoms with Gasteiger partial charge in [0.15, 0.2) is 0 Å². The lowest BCUT2D eigenvalue weighted by molar-refractivity contribution is -0.119. The molecule has 0 radical (unpaired) electrons. The Morgan fingerprint density at radius 3 is 2.84 bits per heavy atom. The van der Waals surface area contributed by atoms with E-state index in [2.05, 4.69) is 12.2 Å². The summed E-state index contributed by atoms with van der Waals surface area (Å²) in [6, 6.07) is 9.85. The maximum absolute atomic E-state index is 12.4. The van der Waals surface area contributed by atoms with Crippen LogP contribution in [0.2, 0.25) is 0 Å². The van der Waals surface area contributed by atoms with Crippen molar-refractivity contribution in [2.24, 2.45) is 0 Å². The third kappa shape index (κ3) is 4.10. The molecule has 0 saturated carbocycles. The van der Waals surface area contributed by atoms with Crippen molar-refractivity contribution >= 4 is 28.8 Å². The summed E-state index contributed by atoms with van der Waals surface area (Å²) < 4.78 is 0. The molecule has 0 atom stereocenters. The third-order valence-electron chi connectivity index (χ3n) is 4.56. The fourth-order valence-corrected chi connectivity index (χ4v) is 4.20. The van der Waals surface area contributed by atoms with Gasteiger partial charge in [0.2, 0.25) is 5.91 Å². The van der Waals surface area contributed by atoms with Gasteiger partial charge in [0.25, 0.3) is 5.91 Å². The van der Waals surface area contributed by atoms with Crippen LogP contribution in [0.1, 0.15) is 51.9 Å². The van der Waals surface area contributed by atoms with Gasteiger partial charge < -0.3 is 10.2 Å². The van der Waals surface area contributed by atoms with Crippen LogP contribution >= 0.6 is 11.3 Å². The SMILES string of the molecule is CCc1sc(C(=O)NCc2cccc(N3CCCCC3=O)c2)cc1C. The molecule has 1 saturated heterocycles. The molecule has 1 aromatic carbocycles. The number of hydrogen-bond acceptors (Lipinski definition) is 3. The molecule has 0 aliphatic carbocycles. The maximum atomic E-state index is 12.4. The Bertz CT molecular complexity index is 782. The number of benzene rings is 1. The maximum Gasteiger partial charge on any atom is 0.261 e. The van der Waals surface area contributed by atoms with Crippen molar-refractivity contribution in [3.8, 4) is 0 Å². The molecule has 1 aliphatic rings. The monoisotopic (exact) mass is 356 g/mol. The predicted octanol–water partition coefficient (Wildman–Crippen LogP) is 4.07. The number of aryl methyl sites for hydroxylation is 2. The summed E-state index contributed by atoms with van der Waals surface area (Å²) in [7, 11) is 0. The van der Waals surface area contributed by atoms with Crippen LogP contribution in [0.3, 0.4) is 0 Å². The van der Waals surface area contributed by atoms with E-state index in [0.717, 1.165) is 41.9 Å². The Morgan fingerprint density at radius 1 is 1.28 bits per heavy atom. The predicted molar refractivity (Wildman–Crippen MR) is 102 cm³/mol. The van der Waals surface area contributed by atoms with Gasteiger partial charge in [-0.3, -0.25) is 9.59 Å². The summed E-state index contributed by atoms with van der Waals surface area (Å²) in [5.74, 6) is 0.154. The van der Waals surface area contributed by atoms with Crippen LogP contribution in [-0.4, -0.2) is 18.4 Å². The first-order valence-electron chi connectivity index (χ1n) is 8.85. The Morgan fingerprint density at radius 2 is 2.12 bits per heavy atom. The molecule has 2 heterocycles. The molecule has 2 amide bonds. The highest BCUT2D eigenvalue weighted by Crippen LogP contribution is 2.23. The number of carbonyl (C=O) groups is 2. The van der Waals surface area contributed by atoms with E-state index in [1.165, 1.54) is 10.4 Å². The lowest BCUT2D eigenvalue weighted by Gasteiger charge is -2.27. The second-order valence-electron chi connectivity index (χ2n) is 6.43. The van der Waals surface area contributed by atoms with Crippen molar-refractivity contribution in [2.75, 3.05) is 11.4 Å². The van der Waals surface area contributed by atoms with Crippen LogP contribution < -0.4 is 10.2 Å². The van der Waals surface area contributed by atoms with Crippen LogP contribution in [0.25, 0.3) is 0 Å². The van der Waals surface area contributed by atoms with Gasteiger partial charge in [0.05, 0.1) is 4.88 Å². The van der Waals surface area contributed by atoms with Gasteiger partial charge in [-0.1, -0.05) is 19.1 Å². The van der Waals surface area contributed by atoms with Crippen LogP contribution in [0.4, 0.5) is 5.69 Å². The number of amides is 2. The number of nitrogens with zero attached hydrogens (tertiary/aromatic N) is 1. The Balaban J connectivity index is 1.65. The first-order chi connectivity index (χ1) is 12.1. The largest absolute Gasteiger partial charge is 0.347 e.